The summed E-state index contributed by atoms with van der Waals surface area (Å²) in [6, 6.07) is 13.8. The molecule has 0 saturated carbocycles. The van der Waals surface area contributed by atoms with E-state index in [1.54, 1.807) is 0 Å². The van der Waals surface area contributed by atoms with E-state index in [-0.39, 0.29) is 17.4 Å². The molecular weight excluding hydrogens is 260 g/mol. The molecule has 2 unspecified atom stereocenters. The minimum absolute atomic E-state index is 0.0982. The molecule has 100 valence electrons. The highest BCUT2D eigenvalue weighted by Crippen LogP contribution is 2.32. The van der Waals surface area contributed by atoms with E-state index < -0.39 is 15.9 Å². The van der Waals surface area contributed by atoms with Crippen LogP contribution >= 0.6 is 0 Å². The molecule has 4 heteroatoms. The Labute approximate surface area is 112 Å². The van der Waals surface area contributed by atoms with Crippen LogP contribution in [0, 0.1) is 5.92 Å². The molecule has 1 saturated heterocycles. The van der Waals surface area contributed by atoms with Crippen molar-refractivity contribution in [3.8, 4) is 0 Å². The van der Waals surface area contributed by atoms with Crippen LogP contribution < -0.4 is 0 Å². The predicted molar refractivity (Wildman–Crippen MR) is 75.7 cm³/mol. The van der Waals surface area contributed by atoms with Crippen molar-refractivity contribution in [1.29, 1.82) is 0 Å². The molecule has 3 rings (SSSR count). The maximum Gasteiger partial charge on any atom is 0.150 e. The summed E-state index contributed by atoms with van der Waals surface area (Å²) >= 11 is 0. The summed E-state index contributed by atoms with van der Waals surface area (Å²) in [6.45, 7) is 0. The van der Waals surface area contributed by atoms with E-state index in [4.69, 9.17) is 0 Å². The minimum Gasteiger partial charge on any atom is -0.388 e. The SMILES string of the molecule is O=S1(=O)CCC(C(O)c2ccc3ccccc3c2)C1. The molecule has 1 N–H and O–H groups in total. The normalized spacial score (nSPS) is 23.5. The van der Waals surface area contributed by atoms with Gasteiger partial charge in [0, 0.05) is 5.92 Å². The molecule has 2 atom stereocenters. The number of sulfone groups is 1. The van der Waals surface area contributed by atoms with E-state index in [9.17, 15) is 13.5 Å². The van der Waals surface area contributed by atoms with Crippen molar-refractivity contribution in [2.45, 2.75) is 12.5 Å². The second-order valence-corrected chi connectivity index (χ2v) is 7.44. The van der Waals surface area contributed by atoms with E-state index in [1.165, 1.54) is 0 Å². The smallest absolute Gasteiger partial charge is 0.150 e. The molecule has 2 aromatic carbocycles. The first-order valence-electron chi connectivity index (χ1n) is 6.42. The Hall–Kier alpha value is -1.39. The number of rotatable bonds is 2. The van der Waals surface area contributed by atoms with E-state index in [0.29, 0.717) is 6.42 Å². The van der Waals surface area contributed by atoms with Crippen molar-refractivity contribution in [2.24, 2.45) is 5.92 Å². The van der Waals surface area contributed by atoms with Gasteiger partial charge in [0.15, 0.2) is 9.84 Å². The zero-order valence-corrected chi connectivity index (χ0v) is 11.3. The summed E-state index contributed by atoms with van der Waals surface area (Å²) in [5, 5.41) is 12.5. The molecule has 19 heavy (non-hydrogen) atoms. The monoisotopic (exact) mass is 276 g/mol. The quantitative estimate of drug-likeness (QED) is 0.915. The molecule has 1 fully saturated rings. The molecule has 0 spiro atoms. The Kier molecular flexibility index (Phi) is 3.07. The van der Waals surface area contributed by atoms with Gasteiger partial charge in [-0.15, -0.1) is 0 Å². The van der Waals surface area contributed by atoms with Crippen molar-refractivity contribution in [2.75, 3.05) is 11.5 Å². The van der Waals surface area contributed by atoms with E-state index in [2.05, 4.69) is 0 Å². The van der Waals surface area contributed by atoms with Crippen molar-refractivity contribution in [1.82, 2.24) is 0 Å². The third-order valence-corrected chi connectivity index (χ3v) is 5.62. The van der Waals surface area contributed by atoms with Gasteiger partial charge in [0.2, 0.25) is 0 Å². The Morgan fingerprint density at radius 2 is 1.84 bits per heavy atom. The lowest BCUT2D eigenvalue weighted by Crippen LogP contribution is -2.14. The molecule has 3 nitrogen and oxygen atoms in total. The second kappa shape index (κ2) is 4.62. The van der Waals surface area contributed by atoms with E-state index in [0.717, 1.165) is 16.3 Å². The lowest BCUT2D eigenvalue weighted by atomic mass is 9.94. The Morgan fingerprint density at radius 1 is 1.11 bits per heavy atom. The highest BCUT2D eigenvalue weighted by atomic mass is 32.2. The predicted octanol–water partition coefficient (Wildman–Crippen LogP) is 2.31. The zero-order valence-electron chi connectivity index (χ0n) is 10.5. The van der Waals surface area contributed by atoms with Crippen molar-refractivity contribution >= 4 is 20.6 Å². The van der Waals surface area contributed by atoms with Crippen molar-refractivity contribution in [3.63, 3.8) is 0 Å². The number of aliphatic hydroxyl groups excluding tert-OH is 1. The highest BCUT2D eigenvalue weighted by molar-refractivity contribution is 7.91. The summed E-state index contributed by atoms with van der Waals surface area (Å²) in [4.78, 5) is 0. The van der Waals surface area contributed by atoms with Crippen molar-refractivity contribution < 1.29 is 13.5 Å². The van der Waals surface area contributed by atoms with Gasteiger partial charge in [0.05, 0.1) is 17.6 Å². The van der Waals surface area contributed by atoms with Crippen LogP contribution in [0.25, 0.3) is 10.8 Å². The van der Waals surface area contributed by atoms with Crippen molar-refractivity contribution in [3.05, 3.63) is 48.0 Å². The summed E-state index contributed by atoms with van der Waals surface area (Å²) in [5.74, 6) is 0.120. The maximum absolute atomic E-state index is 11.5. The lowest BCUT2D eigenvalue weighted by Gasteiger charge is -2.17. The fourth-order valence-electron chi connectivity index (χ4n) is 2.74. The topological polar surface area (TPSA) is 54.4 Å². The van der Waals surface area contributed by atoms with E-state index in [1.807, 2.05) is 42.5 Å². The standard InChI is InChI=1S/C15H16O3S/c16-15(14-7-8-19(17,18)10-14)13-6-5-11-3-1-2-4-12(11)9-13/h1-6,9,14-16H,7-8,10H2. The largest absolute Gasteiger partial charge is 0.388 e. The molecular formula is C15H16O3S. The summed E-state index contributed by atoms with van der Waals surface area (Å²) in [6.07, 6.45) is -0.141. The number of hydrogen-bond donors (Lipinski definition) is 1. The van der Waals surface area contributed by atoms with Crippen LogP contribution in [0.5, 0.6) is 0 Å². The Morgan fingerprint density at radius 3 is 2.53 bits per heavy atom. The Balaban J connectivity index is 1.91. The third-order valence-electron chi connectivity index (χ3n) is 3.83. The van der Waals surface area contributed by atoms with Gasteiger partial charge >= 0.3 is 0 Å². The molecule has 1 heterocycles. The zero-order chi connectivity index (χ0) is 13.5. The first kappa shape index (κ1) is 12.6. The molecule has 0 radical (unpaired) electrons. The molecule has 0 amide bonds. The van der Waals surface area contributed by atoms with Crippen LogP contribution in [-0.2, 0) is 9.84 Å². The summed E-state index contributed by atoms with van der Waals surface area (Å²) in [7, 11) is -2.95. The third kappa shape index (κ3) is 2.51. The average Bonchev–Trinajstić information content (AvgIpc) is 2.78. The second-order valence-electron chi connectivity index (χ2n) is 5.21. The fourth-order valence-corrected chi connectivity index (χ4v) is 4.57. The molecule has 0 aliphatic carbocycles. The minimum atomic E-state index is -2.95. The van der Waals surface area contributed by atoms with Gasteiger partial charge in [-0.1, -0.05) is 36.4 Å². The number of fused-ring (bicyclic) bond motifs is 1. The summed E-state index contributed by atoms with van der Waals surface area (Å²) in [5.41, 5.74) is 0.806. The van der Waals surface area contributed by atoms with Crippen LogP contribution in [0.2, 0.25) is 0 Å². The highest BCUT2D eigenvalue weighted by Gasteiger charge is 2.33. The van der Waals surface area contributed by atoms with Gasteiger partial charge in [-0.05, 0) is 28.8 Å². The van der Waals surface area contributed by atoms with Gasteiger partial charge in [-0.3, -0.25) is 0 Å². The molecule has 1 aliphatic heterocycles. The van der Waals surface area contributed by atoms with E-state index >= 15 is 0 Å². The summed E-state index contributed by atoms with van der Waals surface area (Å²) < 4.78 is 23.0. The first-order chi connectivity index (χ1) is 9.05. The molecule has 0 bridgehead atoms. The van der Waals surface area contributed by atoms with Crippen LogP contribution in [0.3, 0.4) is 0 Å². The van der Waals surface area contributed by atoms with Gasteiger partial charge in [0.1, 0.15) is 0 Å². The van der Waals surface area contributed by atoms with Crippen LogP contribution in [0.4, 0.5) is 0 Å². The maximum atomic E-state index is 11.5. The molecule has 0 aromatic heterocycles. The van der Waals surface area contributed by atoms with Gasteiger partial charge in [-0.2, -0.15) is 0 Å². The number of hydrogen-bond acceptors (Lipinski definition) is 3. The molecule has 1 aliphatic rings. The van der Waals surface area contributed by atoms with Gasteiger partial charge < -0.3 is 5.11 Å². The van der Waals surface area contributed by atoms with Crippen LogP contribution in [0.1, 0.15) is 18.1 Å². The average molecular weight is 276 g/mol. The fraction of sp³-hybridized carbons (Fsp3) is 0.333. The van der Waals surface area contributed by atoms with Crippen LogP contribution in [0.15, 0.2) is 42.5 Å². The lowest BCUT2D eigenvalue weighted by molar-refractivity contribution is 0.121. The van der Waals surface area contributed by atoms with Crippen LogP contribution in [-0.4, -0.2) is 25.0 Å². The van der Waals surface area contributed by atoms with Gasteiger partial charge in [0.25, 0.3) is 0 Å². The molecule has 2 aromatic rings. The first-order valence-corrected chi connectivity index (χ1v) is 8.24. The number of benzene rings is 2. The Bertz CT molecular complexity index is 706. The number of aliphatic hydroxyl groups is 1. The van der Waals surface area contributed by atoms with Gasteiger partial charge in [-0.25, -0.2) is 8.42 Å².